The van der Waals surface area contributed by atoms with Crippen molar-refractivity contribution >= 4 is 36.4 Å². The summed E-state index contributed by atoms with van der Waals surface area (Å²) in [6.07, 6.45) is 7.48. The summed E-state index contributed by atoms with van der Waals surface area (Å²) in [4.78, 5) is 12.9. The Hall–Kier alpha value is -1.70. The van der Waals surface area contributed by atoms with Gasteiger partial charge in [-0.1, -0.05) is 6.42 Å². The number of benzene rings is 1. The predicted molar refractivity (Wildman–Crippen MR) is 118 cm³/mol. The van der Waals surface area contributed by atoms with Crippen LogP contribution in [0.2, 0.25) is 0 Å². The number of carbonyl (C=O) groups excluding carboxylic acids is 1. The number of hydrogen-bond acceptors (Lipinski definition) is 4. The lowest BCUT2D eigenvalue weighted by Crippen LogP contribution is -2.42. The molecule has 6 nitrogen and oxygen atoms in total. The van der Waals surface area contributed by atoms with Crippen molar-refractivity contribution in [2.24, 2.45) is 23.5 Å². The Kier molecular flexibility index (Phi) is 7.05. The molecule has 4 atom stereocenters. The van der Waals surface area contributed by atoms with Gasteiger partial charge in [0.2, 0.25) is 5.91 Å². The van der Waals surface area contributed by atoms with Gasteiger partial charge in [-0.3, -0.25) is 4.79 Å². The second-order valence-electron chi connectivity index (χ2n) is 8.52. The highest BCUT2D eigenvalue weighted by Gasteiger charge is 2.49. The van der Waals surface area contributed by atoms with E-state index in [1.165, 1.54) is 12.5 Å². The van der Waals surface area contributed by atoms with Crippen molar-refractivity contribution in [3.63, 3.8) is 0 Å². The van der Waals surface area contributed by atoms with Gasteiger partial charge in [0.15, 0.2) is 5.82 Å². The van der Waals surface area contributed by atoms with E-state index in [0.717, 1.165) is 62.3 Å². The van der Waals surface area contributed by atoms with Crippen LogP contribution in [0.1, 0.15) is 44.3 Å². The van der Waals surface area contributed by atoms with E-state index in [1.54, 1.807) is 12.1 Å². The average molecular weight is 456 g/mol. The largest absolute Gasteiger partial charge is 0.327 e. The third kappa shape index (κ3) is 3.95. The summed E-state index contributed by atoms with van der Waals surface area (Å²) in [5.41, 5.74) is 7.25. The van der Waals surface area contributed by atoms with Crippen LogP contribution >= 0.6 is 24.8 Å². The van der Waals surface area contributed by atoms with Crippen molar-refractivity contribution in [2.75, 3.05) is 5.32 Å². The van der Waals surface area contributed by atoms with E-state index < -0.39 is 5.82 Å². The number of aromatic nitrogens is 3. The quantitative estimate of drug-likeness (QED) is 0.732. The number of anilines is 1. The van der Waals surface area contributed by atoms with Gasteiger partial charge in [0.05, 0.1) is 11.6 Å². The number of rotatable bonds is 3. The molecule has 1 amide bonds. The number of aryl methyl sites for hydroxylation is 1. The molecule has 2 heterocycles. The first-order valence-electron chi connectivity index (χ1n) is 10.4. The zero-order valence-corrected chi connectivity index (χ0v) is 18.4. The summed E-state index contributed by atoms with van der Waals surface area (Å²) < 4.78 is 16.6. The Morgan fingerprint density at radius 2 is 1.93 bits per heavy atom. The van der Waals surface area contributed by atoms with Crippen molar-refractivity contribution in [2.45, 2.75) is 57.5 Å². The molecule has 0 radical (unpaired) electrons. The lowest BCUT2D eigenvalue weighted by atomic mass is 9.84. The van der Waals surface area contributed by atoms with Gasteiger partial charge in [0.1, 0.15) is 11.6 Å². The van der Waals surface area contributed by atoms with Gasteiger partial charge in [0.25, 0.3) is 0 Å². The van der Waals surface area contributed by atoms with Gasteiger partial charge >= 0.3 is 0 Å². The minimum absolute atomic E-state index is 0. The Morgan fingerprint density at radius 1 is 1.13 bits per heavy atom. The maximum Gasteiger partial charge on any atom is 0.229 e. The Balaban J connectivity index is 0.00000128. The Morgan fingerprint density at radius 3 is 2.70 bits per heavy atom. The number of nitrogens with zero attached hydrogens (tertiary/aromatic N) is 3. The number of nitrogens with two attached hydrogens (primary N) is 1. The fraction of sp³-hybridized carbons (Fsp3) is 0.571. The highest BCUT2D eigenvalue weighted by atomic mass is 35.5. The van der Waals surface area contributed by atoms with Crippen LogP contribution < -0.4 is 11.1 Å². The molecule has 3 N–H and O–H groups in total. The highest BCUT2D eigenvalue weighted by molar-refractivity contribution is 5.94. The molecule has 1 aromatic heterocycles. The molecule has 2 saturated carbocycles. The molecule has 30 heavy (non-hydrogen) atoms. The molecule has 0 saturated heterocycles. The zero-order valence-electron chi connectivity index (χ0n) is 16.7. The second kappa shape index (κ2) is 9.20. The van der Waals surface area contributed by atoms with Crippen LogP contribution in [0.5, 0.6) is 0 Å². The number of carbonyl (C=O) groups is 1. The van der Waals surface area contributed by atoms with E-state index in [-0.39, 0.29) is 48.4 Å². The number of halogens is 3. The number of hydrogen-bond donors (Lipinski definition) is 2. The van der Waals surface area contributed by atoms with Crippen LogP contribution in [-0.4, -0.2) is 26.7 Å². The number of amides is 1. The molecule has 4 unspecified atom stereocenters. The molecule has 2 fully saturated rings. The van der Waals surface area contributed by atoms with E-state index >= 15 is 0 Å². The third-order valence-electron chi connectivity index (χ3n) is 6.88. The summed E-state index contributed by atoms with van der Waals surface area (Å²) in [7, 11) is 0. The normalized spacial score (nSPS) is 26.9. The SMILES string of the molecule is Cl.Cl.NC1C2CCC(C2)C1C(=O)Nc1cc(-c2nnc3n2CCCCC3)ccc1F. The lowest BCUT2D eigenvalue weighted by molar-refractivity contribution is -0.121. The van der Waals surface area contributed by atoms with E-state index in [9.17, 15) is 9.18 Å². The second-order valence-corrected chi connectivity index (χ2v) is 8.52. The predicted octanol–water partition coefficient (Wildman–Crippen LogP) is 3.97. The van der Waals surface area contributed by atoms with Crippen LogP contribution in [0.3, 0.4) is 0 Å². The van der Waals surface area contributed by atoms with Crippen molar-refractivity contribution < 1.29 is 9.18 Å². The van der Waals surface area contributed by atoms with Gasteiger partial charge < -0.3 is 15.6 Å². The summed E-state index contributed by atoms with van der Waals surface area (Å²) in [5, 5.41) is 11.5. The molecule has 5 rings (SSSR count). The first kappa shape index (κ1) is 23.0. The average Bonchev–Trinajstić information content (AvgIpc) is 3.34. The smallest absolute Gasteiger partial charge is 0.229 e. The highest BCUT2D eigenvalue weighted by Crippen LogP contribution is 2.48. The monoisotopic (exact) mass is 455 g/mol. The molecular weight excluding hydrogens is 428 g/mol. The summed E-state index contributed by atoms with van der Waals surface area (Å²) in [5.74, 6) is 1.67. The molecule has 1 aromatic carbocycles. The van der Waals surface area contributed by atoms with Crippen molar-refractivity contribution in [3.8, 4) is 11.4 Å². The van der Waals surface area contributed by atoms with Crippen LogP contribution in [-0.2, 0) is 17.8 Å². The molecule has 164 valence electrons. The standard InChI is InChI=1S/C21H26FN5O.2ClH/c22-15-8-7-14(20-26-25-17-4-2-1-3-9-27(17)20)11-16(15)24-21(28)18-12-5-6-13(10-12)19(18)23;;/h7-8,11-13,18-19H,1-6,9-10,23H2,(H,24,28);2*1H. The maximum atomic E-state index is 14.5. The summed E-state index contributed by atoms with van der Waals surface area (Å²) in [6.45, 7) is 0.872. The van der Waals surface area contributed by atoms with Gasteiger partial charge in [-0.25, -0.2) is 4.39 Å². The third-order valence-corrected chi connectivity index (χ3v) is 6.88. The Bertz CT molecular complexity index is 919. The molecule has 0 spiro atoms. The lowest BCUT2D eigenvalue weighted by Gasteiger charge is -2.27. The fourth-order valence-electron chi connectivity index (χ4n) is 5.40. The maximum absolute atomic E-state index is 14.5. The topological polar surface area (TPSA) is 85.8 Å². The number of nitrogens with one attached hydrogen (secondary N) is 1. The molecular formula is C21H28Cl2FN5O. The van der Waals surface area contributed by atoms with E-state index in [4.69, 9.17) is 5.73 Å². The van der Waals surface area contributed by atoms with Gasteiger partial charge in [0, 0.05) is 24.6 Å². The van der Waals surface area contributed by atoms with E-state index in [1.807, 2.05) is 0 Å². The molecule has 3 aliphatic rings. The fourth-order valence-corrected chi connectivity index (χ4v) is 5.40. The molecule has 9 heteroatoms. The van der Waals surface area contributed by atoms with Crippen molar-refractivity contribution in [3.05, 3.63) is 29.8 Å². The molecule has 2 aromatic rings. The molecule has 2 bridgehead atoms. The molecule has 1 aliphatic heterocycles. The minimum Gasteiger partial charge on any atom is -0.327 e. The first-order valence-corrected chi connectivity index (χ1v) is 10.4. The van der Waals surface area contributed by atoms with E-state index in [0.29, 0.717) is 11.8 Å². The summed E-state index contributed by atoms with van der Waals surface area (Å²) in [6, 6.07) is 4.66. The van der Waals surface area contributed by atoms with Gasteiger partial charge in [-0.05, 0) is 62.1 Å². The van der Waals surface area contributed by atoms with Crippen LogP contribution in [0.25, 0.3) is 11.4 Å². The molecule has 2 aliphatic carbocycles. The van der Waals surface area contributed by atoms with Crippen molar-refractivity contribution in [1.29, 1.82) is 0 Å². The van der Waals surface area contributed by atoms with Crippen molar-refractivity contribution in [1.82, 2.24) is 14.8 Å². The Labute approximate surface area is 188 Å². The van der Waals surface area contributed by atoms with Gasteiger partial charge in [-0.15, -0.1) is 35.0 Å². The van der Waals surface area contributed by atoms with Crippen LogP contribution in [0.15, 0.2) is 18.2 Å². The van der Waals surface area contributed by atoms with Crippen LogP contribution in [0, 0.1) is 23.6 Å². The van der Waals surface area contributed by atoms with E-state index in [2.05, 4.69) is 20.1 Å². The summed E-state index contributed by atoms with van der Waals surface area (Å²) >= 11 is 0. The van der Waals surface area contributed by atoms with Crippen LogP contribution in [0.4, 0.5) is 10.1 Å². The zero-order chi connectivity index (χ0) is 19.3. The number of fused-ring (bicyclic) bond motifs is 3. The first-order chi connectivity index (χ1) is 13.6. The minimum atomic E-state index is -0.440. The van der Waals surface area contributed by atoms with Gasteiger partial charge in [-0.2, -0.15) is 0 Å².